The van der Waals surface area contributed by atoms with Gasteiger partial charge in [0.25, 0.3) is 0 Å². The Hall–Kier alpha value is -1.01. The van der Waals surface area contributed by atoms with Crippen LogP contribution in [-0.4, -0.2) is 44.5 Å². The second-order valence-corrected chi connectivity index (χ2v) is 5.40. The van der Waals surface area contributed by atoms with Gasteiger partial charge in [-0.1, -0.05) is 11.6 Å². The number of nitrogens with two attached hydrogens (primary N) is 1. The summed E-state index contributed by atoms with van der Waals surface area (Å²) < 4.78 is 16.3. The van der Waals surface area contributed by atoms with Gasteiger partial charge in [-0.15, -0.1) is 0 Å². The van der Waals surface area contributed by atoms with E-state index in [0.29, 0.717) is 23.1 Å². The lowest BCUT2D eigenvalue weighted by atomic mass is 10.0. The predicted molar refractivity (Wildman–Crippen MR) is 76.4 cm³/mol. The molecule has 0 aliphatic carbocycles. The molecular formula is C14H19ClN2O3. The number of halogens is 1. The van der Waals surface area contributed by atoms with Crippen LogP contribution < -0.4 is 15.2 Å². The molecule has 2 aliphatic rings. The summed E-state index contributed by atoms with van der Waals surface area (Å²) in [4.78, 5) is 2.35. The van der Waals surface area contributed by atoms with Crippen molar-refractivity contribution in [1.82, 2.24) is 4.90 Å². The molecule has 2 N–H and O–H groups in total. The topological polar surface area (TPSA) is 57.0 Å². The lowest BCUT2D eigenvalue weighted by Gasteiger charge is -2.29. The molecule has 1 aromatic rings. The summed E-state index contributed by atoms with van der Waals surface area (Å²) in [5, 5.41) is 0.583. The molecule has 1 atom stereocenters. The Morgan fingerprint density at radius 1 is 1.25 bits per heavy atom. The van der Waals surface area contributed by atoms with Gasteiger partial charge < -0.3 is 19.9 Å². The van der Waals surface area contributed by atoms with Crippen LogP contribution in [0.25, 0.3) is 0 Å². The van der Waals surface area contributed by atoms with E-state index in [9.17, 15) is 0 Å². The first kappa shape index (κ1) is 13.9. The Morgan fingerprint density at radius 2 is 2.15 bits per heavy atom. The highest BCUT2D eigenvalue weighted by Gasteiger charge is 2.25. The standard InChI is InChI=1S/C14H19ClN2O3/c15-11-6-10(7-13-14(11)20-9-19-13)12(8-16)17-2-1-4-18-5-3-17/h6-7,12H,1-5,8-9,16H2. The molecule has 1 saturated heterocycles. The SMILES string of the molecule is NCC(c1cc(Cl)c2c(c1)OCO2)N1CCCOCC1. The molecule has 20 heavy (non-hydrogen) atoms. The van der Waals surface area contributed by atoms with Crippen molar-refractivity contribution in [3.8, 4) is 11.5 Å². The van der Waals surface area contributed by atoms with Crippen molar-refractivity contribution in [1.29, 1.82) is 0 Å². The zero-order valence-electron chi connectivity index (χ0n) is 11.3. The summed E-state index contributed by atoms with van der Waals surface area (Å²) in [5.41, 5.74) is 7.06. The van der Waals surface area contributed by atoms with Crippen molar-refractivity contribution < 1.29 is 14.2 Å². The van der Waals surface area contributed by atoms with Crippen molar-refractivity contribution >= 4 is 11.6 Å². The van der Waals surface area contributed by atoms with E-state index in [-0.39, 0.29) is 12.8 Å². The minimum Gasteiger partial charge on any atom is -0.454 e. The first-order valence-corrected chi connectivity index (χ1v) is 7.28. The Labute approximate surface area is 123 Å². The van der Waals surface area contributed by atoms with Crippen molar-refractivity contribution in [2.24, 2.45) is 5.73 Å². The summed E-state index contributed by atoms with van der Waals surface area (Å²) in [6.45, 7) is 4.19. The van der Waals surface area contributed by atoms with E-state index < -0.39 is 0 Å². The Kier molecular flexibility index (Phi) is 4.31. The molecule has 3 rings (SSSR count). The van der Waals surface area contributed by atoms with Crippen LogP contribution in [-0.2, 0) is 4.74 Å². The molecule has 110 valence electrons. The number of rotatable bonds is 3. The zero-order valence-corrected chi connectivity index (χ0v) is 12.1. The average Bonchev–Trinajstić information content (AvgIpc) is 2.76. The zero-order chi connectivity index (χ0) is 13.9. The van der Waals surface area contributed by atoms with Gasteiger partial charge in [0.15, 0.2) is 11.5 Å². The van der Waals surface area contributed by atoms with Gasteiger partial charge >= 0.3 is 0 Å². The molecule has 0 spiro atoms. The minimum absolute atomic E-state index is 0.128. The van der Waals surface area contributed by atoms with Gasteiger partial charge in [0.05, 0.1) is 11.6 Å². The van der Waals surface area contributed by atoms with Crippen LogP contribution in [0.4, 0.5) is 0 Å². The largest absolute Gasteiger partial charge is 0.454 e. The monoisotopic (exact) mass is 298 g/mol. The molecule has 5 nitrogen and oxygen atoms in total. The summed E-state index contributed by atoms with van der Waals surface area (Å²) in [5.74, 6) is 1.34. The highest BCUT2D eigenvalue weighted by Crippen LogP contribution is 2.41. The molecule has 0 radical (unpaired) electrons. The molecule has 0 bridgehead atoms. The van der Waals surface area contributed by atoms with Crippen LogP contribution in [0, 0.1) is 0 Å². The smallest absolute Gasteiger partial charge is 0.231 e. The number of benzene rings is 1. The Bertz CT molecular complexity index is 476. The highest BCUT2D eigenvalue weighted by atomic mass is 35.5. The third kappa shape index (κ3) is 2.72. The molecule has 1 unspecified atom stereocenters. The van der Waals surface area contributed by atoms with Crippen LogP contribution in [0.15, 0.2) is 12.1 Å². The number of hydrogen-bond donors (Lipinski definition) is 1. The minimum atomic E-state index is 0.128. The van der Waals surface area contributed by atoms with Crippen LogP contribution in [0.5, 0.6) is 11.5 Å². The average molecular weight is 299 g/mol. The molecular weight excluding hydrogens is 280 g/mol. The predicted octanol–water partition coefficient (Wildman–Crippen LogP) is 1.79. The van der Waals surface area contributed by atoms with Gasteiger partial charge in [-0.05, 0) is 24.1 Å². The van der Waals surface area contributed by atoms with Crippen molar-refractivity contribution in [2.75, 3.05) is 39.6 Å². The van der Waals surface area contributed by atoms with E-state index in [1.807, 2.05) is 12.1 Å². The van der Waals surface area contributed by atoms with E-state index >= 15 is 0 Å². The van der Waals surface area contributed by atoms with Crippen molar-refractivity contribution in [2.45, 2.75) is 12.5 Å². The van der Waals surface area contributed by atoms with Gasteiger partial charge in [0.1, 0.15) is 0 Å². The first-order chi connectivity index (χ1) is 9.79. The normalized spacial score (nSPS) is 20.7. The van der Waals surface area contributed by atoms with Gasteiger partial charge in [-0.3, -0.25) is 4.90 Å². The maximum Gasteiger partial charge on any atom is 0.231 e. The number of ether oxygens (including phenoxy) is 3. The van der Waals surface area contributed by atoms with Crippen LogP contribution in [0.2, 0.25) is 5.02 Å². The van der Waals surface area contributed by atoms with Crippen LogP contribution >= 0.6 is 11.6 Å². The van der Waals surface area contributed by atoms with Gasteiger partial charge in [-0.2, -0.15) is 0 Å². The third-order valence-electron chi connectivity index (χ3n) is 3.76. The maximum atomic E-state index is 6.26. The van der Waals surface area contributed by atoms with Gasteiger partial charge in [0, 0.05) is 32.3 Å². The molecule has 1 aromatic carbocycles. The first-order valence-electron chi connectivity index (χ1n) is 6.90. The summed E-state index contributed by atoms with van der Waals surface area (Å²) in [6, 6.07) is 4.04. The molecule has 1 fully saturated rings. The summed E-state index contributed by atoms with van der Waals surface area (Å²) in [7, 11) is 0. The highest BCUT2D eigenvalue weighted by molar-refractivity contribution is 6.32. The molecule has 0 saturated carbocycles. The lowest BCUT2D eigenvalue weighted by molar-refractivity contribution is 0.132. The number of hydrogen-bond acceptors (Lipinski definition) is 5. The number of nitrogens with zero attached hydrogens (tertiary/aromatic N) is 1. The molecule has 2 aliphatic heterocycles. The fourth-order valence-electron chi connectivity index (χ4n) is 2.75. The van der Waals surface area contributed by atoms with Crippen molar-refractivity contribution in [3.63, 3.8) is 0 Å². The Morgan fingerprint density at radius 3 is 3.00 bits per heavy atom. The second-order valence-electron chi connectivity index (χ2n) is 4.99. The quantitative estimate of drug-likeness (QED) is 0.922. The van der Waals surface area contributed by atoms with Gasteiger partial charge in [-0.25, -0.2) is 0 Å². The van der Waals surface area contributed by atoms with E-state index in [0.717, 1.165) is 38.3 Å². The molecule has 0 aromatic heterocycles. The van der Waals surface area contributed by atoms with Crippen LogP contribution in [0.3, 0.4) is 0 Å². The fourth-order valence-corrected chi connectivity index (χ4v) is 3.03. The third-order valence-corrected chi connectivity index (χ3v) is 4.04. The number of fused-ring (bicyclic) bond motifs is 1. The van der Waals surface area contributed by atoms with Crippen LogP contribution in [0.1, 0.15) is 18.0 Å². The lowest BCUT2D eigenvalue weighted by Crippen LogP contribution is -2.35. The fraction of sp³-hybridized carbons (Fsp3) is 0.571. The second kappa shape index (κ2) is 6.18. The van der Waals surface area contributed by atoms with E-state index in [1.165, 1.54) is 0 Å². The van der Waals surface area contributed by atoms with E-state index in [4.69, 9.17) is 31.5 Å². The Balaban J connectivity index is 1.87. The van der Waals surface area contributed by atoms with Crippen molar-refractivity contribution in [3.05, 3.63) is 22.7 Å². The summed E-state index contributed by atoms with van der Waals surface area (Å²) >= 11 is 6.26. The molecule has 2 heterocycles. The van der Waals surface area contributed by atoms with Gasteiger partial charge in [0.2, 0.25) is 6.79 Å². The molecule has 0 amide bonds. The molecule has 6 heteroatoms. The maximum absolute atomic E-state index is 6.26. The van der Waals surface area contributed by atoms with E-state index in [2.05, 4.69) is 4.90 Å². The van der Waals surface area contributed by atoms with E-state index in [1.54, 1.807) is 0 Å². The summed E-state index contributed by atoms with van der Waals surface area (Å²) in [6.07, 6.45) is 1.02.